The molecule has 2 N–H and O–H groups in total. The van der Waals surface area contributed by atoms with Crippen LogP contribution in [0.4, 0.5) is 0 Å². The number of aliphatic imine (C=N–C) groups is 1. The maximum atomic E-state index is 8.46. The highest BCUT2D eigenvalue weighted by Gasteiger charge is 2.03. The normalized spacial score (nSPS) is 10.9. The molecule has 0 aliphatic carbocycles. The molecule has 0 saturated heterocycles. The zero-order valence-corrected chi connectivity index (χ0v) is 12.3. The van der Waals surface area contributed by atoms with Crippen LogP contribution in [0.2, 0.25) is 5.15 Å². The Morgan fingerprint density at radius 3 is 3.05 bits per heavy atom. The summed E-state index contributed by atoms with van der Waals surface area (Å²) >= 11 is 7.67. The van der Waals surface area contributed by atoms with E-state index in [1.165, 1.54) is 0 Å². The van der Waals surface area contributed by atoms with E-state index in [4.69, 9.17) is 16.9 Å². The third-order valence-electron chi connectivity index (χ3n) is 2.10. The van der Waals surface area contributed by atoms with Crippen LogP contribution < -0.4 is 10.6 Å². The molecular formula is C11H15ClN6S. The van der Waals surface area contributed by atoms with E-state index in [1.54, 1.807) is 25.0 Å². The first kappa shape index (κ1) is 15.5. The third kappa shape index (κ3) is 5.77. The van der Waals surface area contributed by atoms with Crippen molar-refractivity contribution in [1.82, 2.24) is 20.6 Å². The summed E-state index contributed by atoms with van der Waals surface area (Å²) in [5.74, 6) is 2.02. The van der Waals surface area contributed by atoms with E-state index in [-0.39, 0.29) is 0 Å². The SMILES string of the molecule is CN=C(NC#N)NCCSCc1ncc(C)nc1Cl. The number of aryl methyl sites for hydroxylation is 1. The van der Waals surface area contributed by atoms with Gasteiger partial charge in [0.1, 0.15) is 0 Å². The van der Waals surface area contributed by atoms with Gasteiger partial charge in [-0.15, -0.1) is 0 Å². The number of halogens is 1. The van der Waals surface area contributed by atoms with Crippen LogP contribution in [0.15, 0.2) is 11.2 Å². The van der Waals surface area contributed by atoms with Crippen LogP contribution in [-0.4, -0.2) is 35.3 Å². The fourth-order valence-corrected chi connectivity index (χ4v) is 2.34. The number of nitrogens with one attached hydrogen (secondary N) is 2. The molecule has 1 heterocycles. The molecule has 8 heteroatoms. The summed E-state index contributed by atoms with van der Waals surface area (Å²) in [4.78, 5) is 12.3. The number of thioether (sulfide) groups is 1. The molecule has 0 atom stereocenters. The number of aromatic nitrogens is 2. The van der Waals surface area contributed by atoms with E-state index in [0.717, 1.165) is 17.1 Å². The Balaban J connectivity index is 2.26. The highest BCUT2D eigenvalue weighted by molar-refractivity contribution is 7.98. The number of hydrogen-bond acceptors (Lipinski definition) is 5. The minimum Gasteiger partial charge on any atom is -0.355 e. The Morgan fingerprint density at radius 1 is 1.63 bits per heavy atom. The van der Waals surface area contributed by atoms with Gasteiger partial charge in [0.2, 0.25) is 5.96 Å². The number of guanidine groups is 1. The predicted octanol–water partition coefficient (Wildman–Crippen LogP) is 1.32. The zero-order valence-electron chi connectivity index (χ0n) is 10.8. The Hall–Kier alpha value is -1.52. The minimum atomic E-state index is 0.461. The second kappa shape index (κ2) is 8.56. The van der Waals surface area contributed by atoms with Crippen molar-refractivity contribution in [1.29, 1.82) is 5.26 Å². The maximum absolute atomic E-state index is 8.46. The molecule has 0 unspecified atom stereocenters. The molecule has 1 aromatic heterocycles. The van der Waals surface area contributed by atoms with Gasteiger partial charge < -0.3 is 5.32 Å². The van der Waals surface area contributed by atoms with Gasteiger partial charge >= 0.3 is 0 Å². The quantitative estimate of drug-likeness (QED) is 0.280. The molecule has 1 aromatic rings. The average Bonchev–Trinajstić information content (AvgIpc) is 2.39. The van der Waals surface area contributed by atoms with Crippen molar-refractivity contribution in [2.24, 2.45) is 4.99 Å². The van der Waals surface area contributed by atoms with Crippen LogP contribution in [0, 0.1) is 18.4 Å². The molecule has 102 valence electrons. The van der Waals surface area contributed by atoms with E-state index in [0.29, 0.717) is 23.4 Å². The first-order valence-corrected chi connectivity index (χ1v) is 7.12. The molecule has 1 rings (SSSR count). The lowest BCUT2D eigenvalue weighted by molar-refractivity contribution is 0.930. The molecule has 0 fully saturated rings. The van der Waals surface area contributed by atoms with Crippen molar-refractivity contribution in [2.45, 2.75) is 12.7 Å². The summed E-state index contributed by atoms with van der Waals surface area (Å²) in [5.41, 5.74) is 1.60. The fraction of sp³-hybridized carbons (Fsp3) is 0.455. The molecule has 0 aromatic carbocycles. The molecule has 0 spiro atoms. The van der Waals surface area contributed by atoms with Gasteiger partial charge in [0.15, 0.2) is 11.3 Å². The zero-order chi connectivity index (χ0) is 14.1. The van der Waals surface area contributed by atoms with E-state index in [9.17, 15) is 0 Å². The minimum absolute atomic E-state index is 0.461. The summed E-state index contributed by atoms with van der Waals surface area (Å²) in [6.45, 7) is 2.55. The summed E-state index contributed by atoms with van der Waals surface area (Å²) < 4.78 is 0. The summed E-state index contributed by atoms with van der Waals surface area (Å²) in [7, 11) is 1.61. The molecule has 0 radical (unpaired) electrons. The lowest BCUT2D eigenvalue weighted by Crippen LogP contribution is -2.35. The first-order chi connectivity index (χ1) is 9.17. The summed E-state index contributed by atoms with van der Waals surface area (Å²) in [6.07, 6.45) is 3.52. The molecule has 0 aliphatic rings. The van der Waals surface area contributed by atoms with Gasteiger partial charge in [-0.25, -0.2) is 4.98 Å². The van der Waals surface area contributed by atoms with Gasteiger partial charge in [0.25, 0.3) is 0 Å². The van der Waals surface area contributed by atoms with E-state index < -0.39 is 0 Å². The standard InChI is InChI=1S/C11H15ClN6S/c1-8-5-16-9(10(12)18-8)6-19-4-3-15-11(14-2)17-7-13/h5H,3-4,6H2,1-2H3,(H2,14,15,17). The van der Waals surface area contributed by atoms with Crippen molar-refractivity contribution in [3.8, 4) is 6.19 Å². The van der Waals surface area contributed by atoms with Crippen molar-refractivity contribution in [3.63, 3.8) is 0 Å². The van der Waals surface area contributed by atoms with Crippen molar-refractivity contribution in [2.75, 3.05) is 19.3 Å². The molecule has 0 bridgehead atoms. The number of nitrogens with zero attached hydrogens (tertiary/aromatic N) is 4. The molecular weight excluding hydrogens is 284 g/mol. The largest absolute Gasteiger partial charge is 0.355 e. The second-order valence-corrected chi connectivity index (χ2v) is 5.00. The predicted molar refractivity (Wildman–Crippen MR) is 78.1 cm³/mol. The Kier molecular flexibility index (Phi) is 7.00. The molecule has 19 heavy (non-hydrogen) atoms. The van der Waals surface area contributed by atoms with Crippen LogP contribution in [-0.2, 0) is 5.75 Å². The number of rotatable bonds is 5. The topological polar surface area (TPSA) is 86.0 Å². The van der Waals surface area contributed by atoms with Gasteiger partial charge in [0, 0.05) is 31.3 Å². The first-order valence-electron chi connectivity index (χ1n) is 5.59. The van der Waals surface area contributed by atoms with Crippen LogP contribution in [0.25, 0.3) is 0 Å². The van der Waals surface area contributed by atoms with Crippen LogP contribution >= 0.6 is 23.4 Å². The third-order valence-corrected chi connectivity index (χ3v) is 3.37. The molecule has 0 amide bonds. The summed E-state index contributed by atoms with van der Waals surface area (Å²) in [5, 5.41) is 14.4. The van der Waals surface area contributed by atoms with Crippen molar-refractivity contribution >= 4 is 29.3 Å². The van der Waals surface area contributed by atoms with Gasteiger partial charge in [-0.1, -0.05) is 11.6 Å². The van der Waals surface area contributed by atoms with Gasteiger partial charge in [0.05, 0.1) is 11.4 Å². The van der Waals surface area contributed by atoms with E-state index in [2.05, 4.69) is 25.6 Å². The lowest BCUT2D eigenvalue weighted by atomic mass is 10.4. The summed E-state index contributed by atoms with van der Waals surface area (Å²) in [6, 6.07) is 0. The molecule has 0 saturated carbocycles. The smallest absolute Gasteiger partial charge is 0.204 e. The van der Waals surface area contributed by atoms with Gasteiger partial charge in [-0.2, -0.15) is 17.0 Å². The second-order valence-electron chi connectivity index (χ2n) is 3.54. The Bertz CT molecular complexity index is 485. The Morgan fingerprint density at radius 2 is 2.42 bits per heavy atom. The highest BCUT2D eigenvalue weighted by Crippen LogP contribution is 2.16. The van der Waals surface area contributed by atoms with Gasteiger partial charge in [-0.05, 0) is 6.92 Å². The van der Waals surface area contributed by atoms with Crippen molar-refractivity contribution in [3.05, 3.63) is 22.7 Å². The number of nitriles is 1. The van der Waals surface area contributed by atoms with E-state index in [1.807, 2.05) is 13.1 Å². The highest BCUT2D eigenvalue weighted by atomic mass is 35.5. The van der Waals surface area contributed by atoms with Crippen molar-refractivity contribution < 1.29 is 0 Å². The fourth-order valence-electron chi connectivity index (χ4n) is 1.21. The number of hydrogen-bond donors (Lipinski definition) is 2. The van der Waals surface area contributed by atoms with Crippen LogP contribution in [0.1, 0.15) is 11.4 Å². The van der Waals surface area contributed by atoms with Crippen LogP contribution in [0.3, 0.4) is 0 Å². The molecule has 0 aliphatic heterocycles. The maximum Gasteiger partial charge on any atom is 0.204 e. The van der Waals surface area contributed by atoms with E-state index >= 15 is 0 Å². The van der Waals surface area contributed by atoms with Crippen LogP contribution in [0.5, 0.6) is 0 Å². The lowest BCUT2D eigenvalue weighted by Gasteiger charge is -2.07. The monoisotopic (exact) mass is 298 g/mol. The average molecular weight is 299 g/mol. The Labute approximate surface area is 121 Å². The van der Waals surface area contributed by atoms with Gasteiger partial charge in [-0.3, -0.25) is 15.3 Å². The molecule has 6 nitrogen and oxygen atoms in total.